The molecule has 0 aliphatic heterocycles. The average molecular weight is 246 g/mol. The number of rotatable bonds is 5. The molecule has 1 aromatic rings. The maximum atomic E-state index is 11.3. The molecule has 1 unspecified atom stereocenters. The molecule has 0 aliphatic carbocycles. The lowest BCUT2D eigenvalue weighted by Crippen LogP contribution is -2.23. The summed E-state index contributed by atoms with van der Waals surface area (Å²) >= 11 is 0. The van der Waals surface area contributed by atoms with Gasteiger partial charge in [-0.25, -0.2) is 0 Å². The van der Waals surface area contributed by atoms with Gasteiger partial charge in [0.05, 0.1) is 12.0 Å². The molecule has 4 nitrogen and oxygen atoms in total. The molecule has 1 rings (SSSR count). The number of carbonyl (C=O) groups excluding carboxylic acids is 1. The summed E-state index contributed by atoms with van der Waals surface area (Å²) in [7, 11) is 1.88. The van der Waals surface area contributed by atoms with E-state index in [0.717, 1.165) is 0 Å². The molecule has 1 aromatic carbocycles. The number of nitriles is 1. The Morgan fingerprint density at radius 2 is 2.22 bits per heavy atom. The highest BCUT2D eigenvalue weighted by Crippen LogP contribution is 2.20. The first-order valence-electron chi connectivity index (χ1n) is 5.85. The fourth-order valence-corrected chi connectivity index (χ4v) is 1.79. The lowest BCUT2D eigenvalue weighted by molar-refractivity contribution is 0.101. The van der Waals surface area contributed by atoms with Crippen LogP contribution in [0.2, 0.25) is 0 Å². The van der Waals surface area contributed by atoms with E-state index in [9.17, 15) is 9.90 Å². The van der Waals surface area contributed by atoms with Crippen LogP contribution in [0, 0.1) is 17.2 Å². The van der Waals surface area contributed by atoms with E-state index in [1.165, 1.54) is 13.0 Å². The lowest BCUT2D eigenvalue weighted by Gasteiger charge is -2.18. The highest BCUT2D eigenvalue weighted by Gasteiger charge is 2.10. The number of Topliss-reactive ketones (excluding diaryl/α,β-unsaturated/α-hetero) is 1. The first kappa shape index (κ1) is 14.2. The van der Waals surface area contributed by atoms with Crippen molar-refractivity contribution >= 4 is 5.78 Å². The summed E-state index contributed by atoms with van der Waals surface area (Å²) in [6.07, 6.45) is 0. The van der Waals surface area contributed by atoms with Gasteiger partial charge in [-0.3, -0.25) is 4.79 Å². The SMILES string of the molecule is CC(=O)c1ccc(O)c(CN(C)CC(C)C#N)c1. The number of phenols is 1. The Balaban J connectivity index is 2.80. The molecule has 0 bridgehead atoms. The standard InChI is InChI=1S/C14H18N2O2/c1-10(7-15)8-16(3)9-13-6-12(11(2)17)4-5-14(13)18/h4-6,10,18H,8-9H2,1-3H3. The average Bonchev–Trinajstić information content (AvgIpc) is 2.31. The Morgan fingerprint density at radius 1 is 1.56 bits per heavy atom. The number of hydrogen-bond donors (Lipinski definition) is 1. The third-order valence-corrected chi connectivity index (χ3v) is 2.73. The molecule has 0 aliphatic rings. The fourth-order valence-electron chi connectivity index (χ4n) is 1.79. The molecular formula is C14H18N2O2. The zero-order valence-electron chi connectivity index (χ0n) is 11.0. The predicted molar refractivity (Wildman–Crippen MR) is 69.2 cm³/mol. The van der Waals surface area contributed by atoms with Crippen molar-refractivity contribution in [2.75, 3.05) is 13.6 Å². The van der Waals surface area contributed by atoms with E-state index in [1.54, 1.807) is 12.1 Å². The van der Waals surface area contributed by atoms with Crippen LogP contribution in [0.15, 0.2) is 18.2 Å². The van der Waals surface area contributed by atoms with Gasteiger partial charge in [-0.15, -0.1) is 0 Å². The maximum Gasteiger partial charge on any atom is 0.159 e. The second-order valence-electron chi connectivity index (χ2n) is 4.63. The molecule has 0 fully saturated rings. The second-order valence-corrected chi connectivity index (χ2v) is 4.63. The Hall–Kier alpha value is -1.86. The third-order valence-electron chi connectivity index (χ3n) is 2.73. The monoisotopic (exact) mass is 246 g/mol. The predicted octanol–water partition coefficient (Wildman–Crippen LogP) is 2.19. The van der Waals surface area contributed by atoms with Crippen LogP contribution in [0.5, 0.6) is 5.75 Å². The second kappa shape index (κ2) is 6.18. The molecule has 0 saturated carbocycles. The van der Waals surface area contributed by atoms with Crippen LogP contribution >= 0.6 is 0 Å². The van der Waals surface area contributed by atoms with Crippen LogP contribution < -0.4 is 0 Å². The Morgan fingerprint density at radius 3 is 2.78 bits per heavy atom. The highest BCUT2D eigenvalue weighted by molar-refractivity contribution is 5.94. The summed E-state index contributed by atoms with van der Waals surface area (Å²) in [4.78, 5) is 13.2. The van der Waals surface area contributed by atoms with Gasteiger partial charge in [0, 0.05) is 24.2 Å². The van der Waals surface area contributed by atoms with Gasteiger partial charge in [-0.2, -0.15) is 5.26 Å². The summed E-state index contributed by atoms with van der Waals surface area (Å²) in [5, 5.41) is 18.5. The fraction of sp³-hybridized carbons (Fsp3) is 0.429. The van der Waals surface area contributed by atoms with Gasteiger partial charge in [0.2, 0.25) is 0 Å². The molecule has 0 spiro atoms. The Bertz CT molecular complexity index is 477. The van der Waals surface area contributed by atoms with Crippen molar-refractivity contribution in [3.05, 3.63) is 29.3 Å². The number of ketones is 1. The van der Waals surface area contributed by atoms with E-state index < -0.39 is 0 Å². The van der Waals surface area contributed by atoms with Crippen LogP contribution in [0.4, 0.5) is 0 Å². The zero-order chi connectivity index (χ0) is 13.7. The van der Waals surface area contributed by atoms with Gasteiger partial charge < -0.3 is 10.0 Å². The minimum Gasteiger partial charge on any atom is -0.508 e. The topological polar surface area (TPSA) is 64.3 Å². The number of carbonyl (C=O) groups is 1. The molecule has 0 heterocycles. The van der Waals surface area contributed by atoms with Crippen molar-refractivity contribution in [3.63, 3.8) is 0 Å². The highest BCUT2D eigenvalue weighted by atomic mass is 16.3. The zero-order valence-corrected chi connectivity index (χ0v) is 11.0. The number of nitrogens with zero attached hydrogens (tertiary/aromatic N) is 2. The summed E-state index contributed by atoms with van der Waals surface area (Å²) in [6.45, 7) is 4.49. The molecule has 4 heteroatoms. The van der Waals surface area contributed by atoms with Gasteiger partial charge in [0.1, 0.15) is 5.75 Å². The maximum absolute atomic E-state index is 11.3. The van der Waals surface area contributed by atoms with Crippen molar-refractivity contribution < 1.29 is 9.90 Å². The largest absolute Gasteiger partial charge is 0.508 e. The normalized spacial score (nSPS) is 12.2. The minimum absolute atomic E-state index is 0.0238. The molecule has 0 amide bonds. The number of phenolic OH excluding ortho intramolecular Hbond substituents is 1. The van der Waals surface area contributed by atoms with E-state index in [2.05, 4.69) is 6.07 Å². The van der Waals surface area contributed by atoms with Gasteiger partial charge in [0.15, 0.2) is 5.78 Å². The molecule has 0 aromatic heterocycles. The molecule has 1 N–H and O–H groups in total. The van der Waals surface area contributed by atoms with E-state index in [-0.39, 0.29) is 17.5 Å². The molecule has 1 atom stereocenters. The van der Waals surface area contributed by atoms with Crippen molar-refractivity contribution in [2.45, 2.75) is 20.4 Å². The summed E-state index contributed by atoms with van der Waals surface area (Å²) in [5.41, 5.74) is 1.29. The van der Waals surface area contributed by atoms with Gasteiger partial charge in [-0.1, -0.05) is 0 Å². The molecule has 96 valence electrons. The summed E-state index contributed by atoms with van der Waals surface area (Å²) in [5.74, 6) is 0.0916. The number of hydrogen-bond acceptors (Lipinski definition) is 4. The summed E-state index contributed by atoms with van der Waals surface area (Å²) < 4.78 is 0. The van der Waals surface area contributed by atoms with E-state index in [4.69, 9.17) is 5.26 Å². The number of aromatic hydroxyl groups is 1. The minimum atomic E-state index is -0.0619. The molecule has 0 saturated heterocycles. The number of benzene rings is 1. The van der Waals surface area contributed by atoms with Crippen molar-refractivity contribution in [2.24, 2.45) is 5.92 Å². The first-order valence-corrected chi connectivity index (χ1v) is 5.85. The first-order chi connectivity index (χ1) is 8.43. The lowest BCUT2D eigenvalue weighted by atomic mass is 10.1. The summed E-state index contributed by atoms with van der Waals surface area (Å²) in [6, 6.07) is 7.01. The van der Waals surface area contributed by atoms with Crippen molar-refractivity contribution in [3.8, 4) is 11.8 Å². The van der Waals surface area contributed by atoms with Crippen LogP contribution in [0.3, 0.4) is 0 Å². The van der Waals surface area contributed by atoms with E-state index in [1.807, 2.05) is 18.9 Å². The van der Waals surface area contributed by atoms with E-state index in [0.29, 0.717) is 24.2 Å². The quantitative estimate of drug-likeness (QED) is 0.809. The Kier molecular flexibility index (Phi) is 4.87. The van der Waals surface area contributed by atoms with Crippen LogP contribution in [-0.2, 0) is 6.54 Å². The smallest absolute Gasteiger partial charge is 0.159 e. The molecule has 18 heavy (non-hydrogen) atoms. The van der Waals surface area contributed by atoms with Crippen LogP contribution in [0.25, 0.3) is 0 Å². The Labute approximate surface area is 107 Å². The van der Waals surface area contributed by atoms with Crippen molar-refractivity contribution in [1.29, 1.82) is 5.26 Å². The van der Waals surface area contributed by atoms with Crippen molar-refractivity contribution in [1.82, 2.24) is 4.90 Å². The van der Waals surface area contributed by atoms with Crippen LogP contribution in [0.1, 0.15) is 29.8 Å². The molecule has 0 radical (unpaired) electrons. The third kappa shape index (κ3) is 3.86. The van der Waals surface area contributed by atoms with Crippen LogP contribution in [-0.4, -0.2) is 29.4 Å². The van der Waals surface area contributed by atoms with E-state index >= 15 is 0 Å². The molecular weight excluding hydrogens is 228 g/mol. The van der Waals surface area contributed by atoms with Gasteiger partial charge >= 0.3 is 0 Å². The van der Waals surface area contributed by atoms with Gasteiger partial charge in [-0.05, 0) is 39.1 Å². The van der Waals surface area contributed by atoms with Gasteiger partial charge in [0.25, 0.3) is 0 Å².